The molecule has 2 heterocycles. The highest BCUT2D eigenvalue weighted by molar-refractivity contribution is 5.91. The summed E-state index contributed by atoms with van der Waals surface area (Å²) in [5.41, 5.74) is 3.12. The zero-order chi connectivity index (χ0) is 17.4. The van der Waals surface area contributed by atoms with E-state index in [9.17, 15) is 4.79 Å². The summed E-state index contributed by atoms with van der Waals surface area (Å²) in [7, 11) is 1.75. The first kappa shape index (κ1) is 15.4. The van der Waals surface area contributed by atoms with Gasteiger partial charge < -0.3 is 20.0 Å². The molecule has 0 spiro atoms. The van der Waals surface area contributed by atoms with Gasteiger partial charge in [0.15, 0.2) is 11.4 Å². The highest BCUT2D eigenvalue weighted by Crippen LogP contribution is 2.30. The second-order valence-corrected chi connectivity index (χ2v) is 6.20. The third-order valence-corrected chi connectivity index (χ3v) is 4.20. The van der Waals surface area contributed by atoms with Gasteiger partial charge in [-0.15, -0.1) is 0 Å². The zero-order valence-corrected chi connectivity index (χ0v) is 14.1. The largest absolute Gasteiger partial charge is 0.459 e. The van der Waals surface area contributed by atoms with E-state index in [2.05, 4.69) is 20.6 Å². The molecule has 1 aliphatic rings. The van der Waals surface area contributed by atoms with E-state index in [0.717, 1.165) is 29.7 Å². The second-order valence-electron chi connectivity index (χ2n) is 6.20. The van der Waals surface area contributed by atoms with Gasteiger partial charge in [-0.25, -0.2) is 4.98 Å². The van der Waals surface area contributed by atoms with Crippen LogP contribution in [0.3, 0.4) is 0 Å². The molecule has 1 aromatic carbocycles. The number of hydrogen-bond acceptors (Lipinski definition) is 6. The zero-order valence-electron chi connectivity index (χ0n) is 14.1. The fourth-order valence-corrected chi connectivity index (χ4v) is 2.52. The number of fused-ring (bicyclic) bond motifs is 1. The number of furan rings is 1. The molecule has 3 aromatic rings. The fraction of sp³-hybridized carbons (Fsp3) is 0.278. The van der Waals surface area contributed by atoms with E-state index in [1.807, 2.05) is 30.3 Å². The lowest BCUT2D eigenvalue weighted by atomic mass is 10.2. The number of carbonyl (C=O) groups excluding carboxylic acids is 1. The monoisotopic (exact) mass is 337 g/mol. The first-order valence-electron chi connectivity index (χ1n) is 8.23. The highest BCUT2D eigenvalue weighted by atomic mass is 16.3. The van der Waals surface area contributed by atoms with Gasteiger partial charge in [0.25, 0.3) is 0 Å². The summed E-state index contributed by atoms with van der Waals surface area (Å²) >= 11 is 0. The first-order chi connectivity index (χ1) is 12.1. The molecular formula is C18H19N5O2. The van der Waals surface area contributed by atoms with E-state index in [0.29, 0.717) is 23.4 Å². The van der Waals surface area contributed by atoms with E-state index in [1.165, 1.54) is 6.92 Å². The molecule has 0 radical (unpaired) electrons. The number of anilines is 4. The van der Waals surface area contributed by atoms with E-state index < -0.39 is 0 Å². The normalized spacial score (nSPS) is 13.7. The van der Waals surface area contributed by atoms with Crippen LogP contribution in [0.4, 0.5) is 23.1 Å². The molecule has 25 heavy (non-hydrogen) atoms. The number of rotatable bonds is 5. The Hall–Kier alpha value is -3.09. The minimum atomic E-state index is -0.00903. The number of amides is 1. The molecule has 1 saturated carbocycles. The van der Waals surface area contributed by atoms with Crippen molar-refractivity contribution in [1.29, 1.82) is 0 Å². The molecule has 2 N–H and O–H groups in total. The summed E-state index contributed by atoms with van der Waals surface area (Å²) in [6.45, 7) is 1.54. The van der Waals surface area contributed by atoms with Gasteiger partial charge in [0.1, 0.15) is 5.52 Å². The van der Waals surface area contributed by atoms with Crippen LogP contribution < -0.4 is 15.5 Å². The Morgan fingerprint density at radius 1 is 1.20 bits per heavy atom. The van der Waals surface area contributed by atoms with Crippen molar-refractivity contribution in [2.45, 2.75) is 25.8 Å². The van der Waals surface area contributed by atoms with Gasteiger partial charge in [-0.1, -0.05) is 0 Å². The second kappa shape index (κ2) is 6.08. The van der Waals surface area contributed by atoms with Crippen LogP contribution in [0.5, 0.6) is 0 Å². The van der Waals surface area contributed by atoms with Crippen molar-refractivity contribution in [1.82, 2.24) is 9.97 Å². The fourth-order valence-electron chi connectivity index (χ4n) is 2.52. The maximum Gasteiger partial charge on any atom is 0.229 e. The smallest absolute Gasteiger partial charge is 0.229 e. The van der Waals surface area contributed by atoms with Gasteiger partial charge in [0, 0.05) is 37.5 Å². The average molecular weight is 337 g/mol. The number of nitrogens with zero attached hydrogens (tertiary/aromatic N) is 3. The van der Waals surface area contributed by atoms with Gasteiger partial charge in [-0.2, -0.15) is 4.98 Å². The van der Waals surface area contributed by atoms with Gasteiger partial charge in [-0.05, 0) is 37.1 Å². The standard InChI is InChI=1S/C18H19N5O2/c1-11(24)23(2)14-7-5-13(6-8-14)20-18-21-15-9-10-25-16(15)17(22-18)19-12-3-4-12/h5-10,12H,3-4H2,1-2H3,(H2,19,20,21,22). The first-order valence-corrected chi connectivity index (χ1v) is 8.23. The molecule has 4 rings (SSSR count). The summed E-state index contributed by atoms with van der Waals surface area (Å²) in [6.07, 6.45) is 3.92. The van der Waals surface area contributed by atoms with Crippen LogP contribution in [0.1, 0.15) is 19.8 Å². The average Bonchev–Trinajstić information content (AvgIpc) is 3.28. The van der Waals surface area contributed by atoms with Crippen LogP contribution in [0.2, 0.25) is 0 Å². The summed E-state index contributed by atoms with van der Waals surface area (Å²) in [4.78, 5) is 22.0. The molecule has 0 aliphatic heterocycles. The summed E-state index contributed by atoms with van der Waals surface area (Å²) < 4.78 is 5.49. The van der Waals surface area contributed by atoms with Crippen molar-refractivity contribution in [2.75, 3.05) is 22.6 Å². The Labute approximate surface area is 145 Å². The maximum absolute atomic E-state index is 11.4. The van der Waals surface area contributed by atoms with Gasteiger partial charge in [0.05, 0.1) is 6.26 Å². The number of benzene rings is 1. The lowest BCUT2D eigenvalue weighted by molar-refractivity contribution is -0.116. The Bertz CT molecular complexity index is 915. The van der Waals surface area contributed by atoms with E-state index in [4.69, 9.17) is 4.42 Å². The molecule has 1 amide bonds. The number of hydrogen-bond donors (Lipinski definition) is 2. The molecule has 0 saturated heterocycles. The van der Waals surface area contributed by atoms with Crippen LogP contribution in [0.15, 0.2) is 41.0 Å². The summed E-state index contributed by atoms with van der Waals surface area (Å²) in [6, 6.07) is 9.84. The van der Waals surface area contributed by atoms with Crippen molar-refractivity contribution in [3.63, 3.8) is 0 Å². The van der Waals surface area contributed by atoms with Crippen molar-refractivity contribution in [2.24, 2.45) is 0 Å². The van der Waals surface area contributed by atoms with Gasteiger partial charge >= 0.3 is 0 Å². The van der Waals surface area contributed by atoms with Crippen LogP contribution in [0, 0.1) is 0 Å². The molecule has 1 aliphatic carbocycles. The van der Waals surface area contributed by atoms with Gasteiger partial charge in [0.2, 0.25) is 11.9 Å². The Morgan fingerprint density at radius 2 is 1.96 bits per heavy atom. The van der Waals surface area contributed by atoms with Crippen molar-refractivity contribution < 1.29 is 9.21 Å². The third kappa shape index (κ3) is 3.26. The highest BCUT2D eigenvalue weighted by Gasteiger charge is 2.23. The molecule has 7 heteroatoms. The minimum absolute atomic E-state index is 0.00903. The third-order valence-electron chi connectivity index (χ3n) is 4.20. The van der Waals surface area contributed by atoms with Crippen LogP contribution >= 0.6 is 0 Å². The van der Waals surface area contributed by atoms with E-state index >= 15 is 0 Å². The van der Waals surface area contributed by atoms with Crippen LogP contribution in [-0.4, -0.2) is 29.0 Å². The number of carbonyl (C=O) groups is 1. The molecular weight excluding hydrogens is 318 g/mol. The predicted molar refractivity (Wildman–Crippen MR) is 97.3 cm³/mol. The predicted octanol–water partition coefficient (Wildman–Crippen LogP) is 3.52. The minimum Gasteiger partial charge on any atom is -0.459 e. The molecule has 0 atom stereocenters. The molecule has 128 valence electrons. The molecule has 0 unspecified atom stereocenters. The van der Waals surface area contributed by atoms with E-state index in [-0.39, 0.29) is 5.91 Å². The van der Waals surface area contributed by atoms with Crippen LogP contribution in [0.25, 0.3) is 11.1 Å². The Morgan fingerprint density at radius 3 is 2.64 bits per heavy atom. The molecule has 7 nitrogen and oxygen atoms in total. The van der Waals surface area contributed by atoms with Crippen LogP contribution in [-0.2, 0) is 4.79 Å². The van der Waals surface area contributed by atoms with Gasteiger partial charge in [-0.3, -0.25) is 4.79 Å². The summed E-state index contributed by atoms with van der Waals surface area (Å²) in [5.74, 6) is 1.21. The molecule has 0 bridgehead atoms. The lowest BCUT2D eigenvalue weighted by Crippen LogP contribution is -2.22. The topological polar surface area (TPSA) is 83.3 Å². The Kier molecular flexibility index (Phi) is 3.76. The Balaban J connectivity index is 1.58. The van der Waals surface area contributed by atoms with Crippen molar-refractivity contribution >= 4 is 40.1 Å². The quantitative estimate of drug-likeness (QED) is 0.741. The SMILES string of the molecule is CC(=O)N(C)c1ccc(Nc2nc(NC3CC3)c3occc3n2)cc1. The molecule has 1 fully saturated rings. The van der Waals surface area contributed by atoms with Crippen molar-refractivity contribution in [3.05, 3.63) is 36.6 Å². The van der Waals surface area contributed by atoms with E-state index in [1.54, 1.807) is 18.2 Å². The van der Waals surface area contributed by atoms with Crippen molar-refractivity contribution in [3.8, 4) is 0 Å². The number of nitrogens with one attached hydrogen (secondary N) is 2. The molecule has 2 aromatic heterocycles. The maximum atomic E-state index is 11.4. The lowest BCUT2D eigenvalue weighted by Gasteiger charge is -2.15. The summed E-state index contributed by atoms with van der Waals surface area (Å²) in [5, 5.41) is 6.59. The number of aromatic nitrogens is 2.